The maximum absolute atomic E-state index is 10.4. The maximum Gasteiger partial charge on any atom is 0.217 e. The molecule has 0 aromatic carbocycles. The summed E-state index contributed by atoms with van der Waals surface area (Å²) in [7, 11) is 0. The van der Waals surface area contributed by atoms with Gasteiger partial charge in [0.1, 0.15) is 0 Å². The molecule has 2 nitrogen and oxygen atoms in total. The van der Waals surface area contributed by atoms with Crippen LogP contribution >= 0.6 is 27.3 Å². The highest BCUT2D eigenvalue weighted by atomic mass is 79.9. The first-order valence-corrected chi connectivity index (χ1v) is 4.87. The van der Waals surface area contributed by atoms with Crippen LogP contribution in [-0.4, -0.2) is 5.91 Å². The monoisotopic (exact) mass is 233 g/mol. The third-order valence-electron chi connectivity index (χ3n) is 1.33. The molecule has 0 bridgehead atoms. The fourth-order valence-electron chi connectivity index (χ4n) is 0.757. The molecule has 1 amide bonds. The van der Waals surface area contributed by atoms with E-state index in [0.717, 1.165) is 15.8 Å². The Morgan fingerprint density at radius 2 is 2.45 bits per heavy atom. The molecule has 0 fully saturated rings. The molecule has 0 saturated heterocycles. The van der Waals surface area contributed by atoms with E-state index < -0.39 is 0 Å². The number of thiophene rings is 1. The van der Waals surface area contributed by atoms with E-state index in [1.165, 1.54) is 0 Å². The Morgan fingerprint density at radius 3 is 2.91 bits per heavy atom. The van der Waals surface area contributed by atoms with Gasteiger partial charge in [0.25, 0.3) is 0 Å². The summed E-state index contributed by atoms with van der Waals surface area (Å²) in [5, 5.41) is 1.99. The lowest BCUT2D eigenvalue weighted by Gasteiger charge is -1.94. The van der Waals surface area contributed by atoms with E-state index in [9.17, 15) is 4.79 Å². The van der Waals surface area contributed by atoms with Gasteiger partial charge >= 0.3 is 0 Å². The molecule has 60 valence electrons. The smallest absolute Gasteiger partial charge is 0.217 e. The molecule has 1 aromatic heterocycles. The number of amides is 1. The molecule has 0 radical (unpaired) electrons. The summed E-state index contributed by atoms with van der Waals surface area (Å²) in [5.74, 6) is -0.247. The lowest BCUT2D eigenvalue weighted by Crippen LogP contribution is -2.10. The van der Waals surface area contributed by atoms with Crippen LogP contribution in [-0.2, 0) is 11.2 Å². The van der Waals surface area contributed by atoms with Crippen LogP contribution in [0.2, 0.25) is 0 Å². The average Bonchev–Trinajstić information content (AvgIpc) is 2.31. The minimum absolute atomic E-state index is 0.247. The number of hydrogen-bond acceptors (Lipinski definition) is 2. The Bertz CT molecular complexity index is 259. The molecule has 0 aliphatic rings. The van der Waals surface area contributed by atoms with Crippen LogP contribution < -0.4 is 5.73 Å². The number of carbonyl (C=O) groups is 1. The van der Waals surface area contributed by atoms with Gasteiger partial charge in [0.05, 0.1) is 3.79 Å². The Morgan fingerprint density at radius 1 is 1.73 bits per heavy atom. The Labute approximate surface area is 77.5 Å². The number of rotatable bonds is 3. The number of halogens is 1. The minimum atomic E-state index is -0.247. The van der Waals surface area contributed by atoms with Crippen molar-refractivity contribution in [2.75, 3.05) is 0 Å². The number of carbonyl (C=O) groups excluding carboxylic acids is 1. The lowest BCUT2D eigenvalue weighted by atomic mass is 10.2. The first kappa shape index (κ1) is 8.74. The van der Waals surface area contributed by atoms with Gasteiger partial charge in [-0.3, -0.25) is 4.79 Å². The predicted molar refractivity (Wildman–Crippen MR) is 49.5 cm³/mol. The normalized spacial score (nSPS) is 9.91. The summed E-state index contributed by atoms with van der Waals surface area (Å²) in [6, 6.07) is 2.00. The van der Waals surface area contributed by atoms with Gasteiger partial charge in [-0.05, 0) is 39.4 Å². The van der Waals surface area contributed by atoms with Crippen LogP contribution in [0, 0.1) is 0 Å². The molecule has 11 heavy (non-hydrogen) atoms. The zero-order valence-corrected chi connectivity index (χ0v) is 8.24. The van der Waals surface area contributed by atoms with Gasteiger partial charge in [0.15, 0.2) is 0 Å². The third-order valence-corrected chi connectivity index (χ3v) is 3.15. The minimum Gasteiger partial charge on any atom is -0.370 e. The van der Waals surface area contributed by atoms with Crippen molar-refractivity contribution in [1.82, 2.24) is 0 Å². The van der Waals surface area contributed by atoms with Gasteiger partial charge in [0, 0.05) is 6.42 Å². The van der Waals surface area contributed by atoms with Crippen molar-refractivity contribution in [2.24, 2.45) is 5.73 Å². The van der Waals surface area contributed by atoms with Crippen LogP contribution in [0.4, 0.5) is 0 Å². The largest absolute Gasteiger partial charge is 0.370 e. The summed E-state index contributed by atoms with van der Waals surface area (Å²) in [6.07, 6.45) is 1.16. The van der Waals surface area contributed by atoms with Gasteiger partial charge < -0.3 is 5.73 Å². The first-order chi connectivity index (χ1) is 5.20. The van der Waals surface area contributed by atoms with Gasteiger partial charge in [-0.15, -0.1) is 11.3 Å². The molecule has 1 rings (SSSR count). The Kier molecular flexibility index (Phi) is 3.08. The highest BCUT2D eigenvalue weighted by molar-refractivity contribution is 9.11. The number of hydrogen-bond donors (Lipinski definition) is 1. The predicted octanol–water partition coefficient (Wildman–Crippen LogP) is 1.93. The SMILES string of the molecule is NC(=O)CCc1ccsc1Br. The summed E-state index contributed by atoms with van der Waals surface area (Å²) in [5.41, 5.74) is 6.17. The van der Waals surface area contributed by atoms with Crippen LogP contribution in [0.1, 0.15) is 12.0 Å². The molecular weight excluding hydrogens is 226 g/mol. The van der Waals surface area contributed by atoms with E-state index in [4.69, 9.17) is 5.73 Å². The summed E-state index contributed by atoms with van der Waals surface area (Å²) in [6.45, 7) is 0. The maximum atomic E-state index is 10.4. The van der Waals surface area contributed by atoms with Gasteiger partial charge in [0.2, 0.25) is 5.91 Å². The molecule has 0 saturated carbocycles. The van der Waals surface area contributed by atoms with Crippen LogP contribution in [0.25, 0.3) is 0 Å². The zero-order chi connectivity index (χ0) is 8.27. The van der Waals surface area contributed by atoms with E-state index in [0.29, 0.717) is 6.42 Å². The Balaban J connectivity index is 2.51. The van der Waals surface area contributed by atoms with Crippen molar-refractivity contribution in [1.29, 1.82) is 0 Å². The van der Waals surface area contributed by atoms with Crippen molar-refractivity contribution in [2.45, 2.75) is 12.8 Å². The molecule has 0 spiro atoms. The molecule has 0 aliphatic heterocycles. The topological polar surface area (TPSA) is 43.1 Å². The highest BCUT2D eigenvalue weighted by Gasteiger charge is 2.01. The number of aryl methyl sites for hydroxylation is 1. The van der Waals surface area contributed by atoms with E-state index in [1.54, 1.807) is 11.3 Å². The molecule has 4 heteroatoms. The van der Waals surface area contributed by atoms with Crippen molar-refractivity contribution >= 4 is 33.2 Å². The molecule has 2 N–H and O–H groups in total. The number of primary amides is 1. The molecule has 0 aliphatic carbocycles. The second-order valence-corrected chi connectivity index (χ2v) is 4.42. The second kappa shape index (κ2) is 3.88. The van der Waals surface area contributed by atoms with Crippen molar-refractivity contribution in [3.8, 4) is 0 Å². The molecule has 1 heterocycles. The van der Waals surface area contributed by atoms with Crippen LogP contribution in [0.15, 0.2) is 15.2 Å². The average molecular weight is 234 g/mol. The zero-order valence-electron chi connectivity index (χ0n) is 5.84. The summed E-state index contributed by atoms with van der Waals surface area (Å²) in [4.78, 5) is 10.4. The molecule has 0 unspecified atom stereocenters. The third kappa shape index (κ3) is 2.63. The fraction of sp³-hybridized carbons (Fsp3) is 0.286. The Hall–Kier alpha value is -0.350. The highest BCUT2D eigenvalue weighted by Crippen LogP contribution is 2.24. The summed E-state index contributed by atoms with van der Waals surface area (Å²) < 4.78 is 1.10. The van der Waals surface area contributed by atoms with Gasteiger partial charge in [-0.2, -0.15) is 0 Å². The molecule has 1 aromatic rings. The fourth-order valence-corrected chi connectivity index (χ4v) is 2.08. The number of nitrogens with two attached hydrogens (primary N) is 1. The summed E-state index contributed by atoms with van der Waals surface area (Å²) >= 11 is 5.00. The van der Waals surface area contributed by atoms with Crippen molar-refractivity contribution < 1.29 is 4.79 Å². The van der Waals surface area contributed by atoms with Crippen LogP contribution in [0.3, 0.4) is 0 Å². The van der Waals surface area contributed by atoms with Gasteiger partial charge in [-0.1, -0.05) is 0 Å². The first-order valence-electron chi connectivity index (χ1n) is 3.20. The van der Waals surface area contributed by atoms with E-state index in [1.807, 2.05) is 11.4 Å². The van der Waals surface area contributed by atoms with Gasteiger partial charge in [-0.25, -0.2) is 0 Å². The standard InChI is InChI=1S/C7H8BrNOS/c8-7-5(3-4-11-7)1-2-6(9)10/h3-4H,1-2H2,(H2,9,10). The van der Waals surface area contributed by atoms with Crippen molar-refractivity contribution in [3.63, 3.8) is 0 Å². The van der Waals surface area contributed by atoms with Crippen molar-refractivity contribution in [3.05, 3.63) is 20.8 Å². The second-order valence-electron chi connectivity index (χ2n) is 2.19. The molecular formula is C7H8BrNOS. The van der Waals surface area contributed by atoms with Crippen LogP contribution in [0.5, 0.6) is 0 Å². The molecule has 0 atom stereocenters. The quantitative estimate of drug-likeness (QED) is 0.853. The lowest BCUT2D eigenvalue weighted by molar-refractivity contribution is -0.117. The van der Waals surface area contributed by atoms with E-state index in [2.05, 4.69) is 15.9 Å². The van der Waals surface area contributed by atoms with E-state index in [-0.39, 0.29) is 5.91 Å². The van der Waals surface area contributed by atoms with E-state index >= 15 is 0 Å².